The van der Waals surface area contributed by atoms with Crippen LogP contribution in [0, 0.1) is 6.92 Å². The molecule has 4 aromatic rings. The number of para-hydroxylation sites is 1. The fourth-order valence-corrected chi connectivity index (χ4v) is 3.73. The van der Waals surface area contributed by atoms with Gasteiger partial charge in [0, 0.05) is 23.6 Å². The van der Waals surface area contributed by atoms with Gasteiger partial charge in [-0.2, -0.15) is 0 Å². The van der Waals surface area contributed by atoms with Crippen molar-refractivity contribution in [1.82, 2.24) is 9.88 Å². The monoisotopic (exact) mass is 390 g/mol. The van der Waals surface area contributed by atoms with Gasteiger partial charge in [-0.1, -0.05) is 36.4 Å². The van der Waals surface area contributed by atoms with E-state index in [4.69, 9.17) is 4.42 Å². The van der Waals surface area contributed by atoms with Gasteiger partial charge >= 0.3 is 0 Å². The maximum Gasteiger partial charge on any atom is 0.257 e. The van der Waals surface area contributed by atoms with E-state index in [0.717, 1.165) is 11.3 Å². The third-order valence-corrected chi connectivity index (χ3v) is 5.28. The van der Waals surface area contributed by atoms with Gasteiger partial charge in [0.1, 0.15) is 5.76 Å². The Bertz CT molecular complexity index is 1200. The van der Waals surface area contributed by atoms with Gasteiger partial charge in [-0.05, 0) is 19.1 Å². The van der Waals surface area contributed by atoms with E-state index in [0.29, 0.717) is 34.4 Å². The van der Waals surface area contributed by atoms with Crippen molar-refractivity contribution in [3.8, 4) is 11.3 Å². The van der Waals surface area contributed by atoms with Gasteiger partial charge in [0.15, 0.2) is 11.0 Å². The second-order valence-corrected chi connectivity index (χ2v) is 7.29. The van der Waals surface area contributed by atoms with E-state index in [9.17, 15) is 9.59 Å². The number of nitrogens with zero attached hydrogens (tertiary/aromatic N) is 2. The summed E-state index contributed by atoms with van der Waals surface area (Å²) in [6, 6.07) is 14.5. The van der Waals surface area contributed by atoms with Crippen LogP contribution in [0.15, 0.2) is 68.6 Å². The quantitative estimate of drug-likeness (QED) is 0.515. The minimum absolute atomic E-state index is 0.128. The summed E-state index contributed by atoms with van der Waals surface area (Å²) in [7, 11) is 1.71. The Morgan fingerprint density at radius 1 is 1.14 bits per heavy atom. The molecule has 0 spiro atoms. The van der Waals surface area contributed by atoms with Gasteiger partial charge in [0.05, 0.1) is 28.7 Å². The Morgan fingerprint density at radius 2 is 1.93 bits per heavy atom. The highest BCUT2D eigenvalue weighted by Crippen LogP contribution is 2.27. The zero-order valence-electron chi connectivity index (χ0n) is 15.5. The first-order valence-electron chi connectivity index (χ1n) is 8.80. The van der Waals surface area contributed by atoms with E-state index < -0.39 is 0 Å². The molecule has 4 rings (SSSR count). The van der Waals surface area contributed by atoms with Crippen LogP contribution in [0.25, 0.3) is 22.3 Å². The predicted molar refractivity (Wildman–Crippen MR) is 111 cm³/mol. The molecule has 0 radical (unpaired) electrons. The predicted octanol–water partition coefficient (Wildman–Crippen LogP) is 4.50. The molecule has 0 saturated carbocycles. The van der Waals surface area contributed by atoms with Crippen molar-refractivity contribution in [2.24, 2.45) is 0 Å². The van der Waals surface area contributed by atoms with Crippen LogP contribution in [0.4, 0.5) is 0 Å². The lowest BCUT2D eigenvalue weighted by molar-refractivity contribution is 0.0784. The third kappa shape index (κ3) is 3.23. The molecule has 140 valence electrons. The molecule has 0 atom stereocenters. The van der Waals surface area contributed by atoms with Crippen molar-refractivity contribution in [3.63, 3.8) is 0 Å². The molecule has 0 N–H and O–H groups in total. The highest BCUT2D eigenvalue weighted by molar-refractivity contribution is 7.07. The SMILES string of the molecule is Cc1c(-c2ccccc2)oc2c(C(=O)N(C)Cc3cscn3)cccc2c1=O. The number of hydrogen-bond donors (Lipinski definition) is 0. The normalized spacial score (nSPS) is 10.9. The first-order chi connectivity index (χ1) is 13.6. The molecular weight excluding hydrogens is 372 g/mol. The van der Waals surface area contributed by atoms with Gasteiger partial charge in [-0.3, -0.25) is 9.59 Å². The zero-order chi connectivity index (χ0) is 19.7. The van der Waals surface area contributed by atoms with Gasteiger partial charge < -0.3 is 9.32 Å². The molecule has 0 aliphatic carbocycles. The molecule has 2 aromatic heterocycles. The van der Waals surface area contributed by atoms with E-state index in [1.54, 1.807) is 42.6 Å². The Labute approximate surface area is 165 Å². The first-order valence-corrected chi connectivity index (χ1v) is 9.75. The van der Waals surface area contributed by atoms with Crippen LogP contribution in [0.5, 0.6) is 0 Å². The second-order valence-electron chi connectivity index (χ2n) is 6.57. The minimum Gasteiger partial charge on any atom is -0.455 e. The number of hydrogen-bond acceptors (Lipinski definition) is 5. The number of rotatable bonds is 4. The van der Waals surface area contributed by atoms with E-state index in [1.807, 2.05) is 35.7 Å². The molecule has 28 heavy (non-hydrogen) atoms. The maximum atomic E-state index is 13.1. The number of carbonyl (C=O) groups excluding carboxylic acids is 1. The van der Waals surface area contributed by atoms with E-state index in [-0.39, 0.29) is 11.3 Å². The minimum atomic E-state index is -0.218. The number of aromatic nitrogens is 1. The van der Waals surface area contributed by atoms with E-state index in [2.05, 4.69) is 4.98 Å². The maximum absolute atomic E-state index is 13.1. The lowest BCUT2D eigenvalue weighted by atomic mass is 10.0. The molecule has 2 aromatic carbocycles. The van der Waals surface area contributed by atoms with Crippen molar-refractivity contribution in [2.45, 2.75) is 13.5 Å². The molecule has 0 fully saturated rings. The fourth-order valence-electron chi connectivity index (χ4n) is 3.18. The van der Waals surface area contributed by atoms with Crippen LogP contribution in [0.2, 0.25) is 0 Å². The van der Waals surface area contributed by atoms with Crippen molar-refractivity contribution in [3.05, 3.63) is 86.5 Å². The Hall–Kier alpha value is -3.25. The Balaban J connectivity index is 1.84. The summed E-state index contributed by atoms with van der Waals surface area (Å²) in [6.45, 7) is 2.14. The van der Waals surface area contributed by atoms with Gasteiger partial charge in [-0.15, -0.1) is 11.3 Å². The summed E-state index contributed by atoms with van der Waals surface area (Å²) in [6.07, 6.45) is 0. The van der Waals surface area contributed by atoms with Crippen molar-refractivity contribution < 1.29 is 9.21 Å². The van der Waals surface area contributed by atoms with Crippen LogP contribution >= 0.6 is 11.3 Å². The number of amides is 1. The van der Waals surface area contributed by atoms with Gasteiger partial charge in [0.2, 0.25) is 0 Å². The highest BCUT2D eigenvalue weighted by atomic mass is 32.1. The molecule has 5 nitrogen and oxygen atoms in total. The molecular formula is C22H18N2O3S. The Morgan fingerprint density at radius 3 is 2.64 bits per heavy atom. The van der Waals surface area contributed by atoms with Crippen LogP contribution < -0.4 is 5.43 Å². The number of thiazole rings is 1. The molecule has 0 unspecified atom stereocenters. The van der Waals surface area contributed by atoms with Crippen LogP contribution in [0.3, 0.4) is 0 Å². The third-order valence-electron chi connectivity index (χ3n) is 4.64. The second kappa shape index (κ2) is 7.40. The highest BCUT2D eigenvalue weighted by Gasteiger charge is 2.21. The molecule has 0 aliphatic rings. The van der Waals surface area contributed by atoms with E-state index >= 15 is 0 Å². The standard InChI is InChI=1S/C22H18N2O3S/c1-14-19(25)17-9-6-10-18(22(26)24(2)11-16-12-28-13-23-16)21(17)27-20(14)15-7-4-3-5-8-15/h3-10,12-13H,11H2,1-2H3. The fraction of sp³-hybridized carbons (Fsp3) is 0.136. The molecule has 2 heterocycles. The van der Waals surface area contributed by atoms with Crippen LogP contribution in [-0.4, -0.2) is 22.8 Å². The van der Waals surface area contributed by atoms with Crippen molar-refractivity contribution in [2.75, 3.05) is 7.05 Å². The van der Waals surface area contributed by atoms with Crippen molar-refractivity contribution in [1.29, 1.82) is 0 Å². The van der Waals surface area contributed by atoms with Gasteiger partial charge in [0.25, 0.3) is 5.91 Å². The summed E-state index contributed by atoms with van der Waals surface area (Å²) < 4.78 is 6.14. The number of fused-ring (bicyclic) bond motifs is 1. The topological polar surface area (TPSA) is 63.4 Å². The Kier molecular flexibility index (Phi) is 4.79. The van der Waals surface area contributed by atoms with Crippen LogP contribution in [-0.2, 0) is 6.54 Å². The summed E-state index contributed by atoms with van der Waals surface area (Å²) in [4.78, 5) is 31.8. The van der Waals surface area contributed by atoms with E-state index in [1.165, 1.54) is 11.3 Å². The largest absolute Gasteiger partial charge is 0.455 e. The number of carbonyl (C=O) groups is 1. The van der Waals surface area contributed by atoms with Gasteiger partial charge in [-0.25, -0.2) is 4.98 Å². The smallest absolute Gasteiger partial charge is 0.257 e. The molecule has 0 bridgehead atoms. The molecule has 0 aliphatic heterocycles. The first kappa shape index (κ1) is 18.1. The summed E-state index contributed by atoms with van der Waals surface area (Å²) in [5.74, 6) is 0.269. The summed E-state index contributed by atoms with van der Waals surface area (Å²) in [5.41, 5.74) is 4.44. The lowest BCUT2D eigenvalue weighted by Crippen LogP contribution is -2.26. The van der Waals surface area contributed by atoms with Crippen LogP contribution in [0.1, 0.15) is 21.6 Å². The molecule has 0 saturated heterocycles. The average molecular weight is 390 g/mol. The average Bonchev–Trinajstić information content (AvgIpc) is 3.23. The summed E-state index contributed by atoms with van der Waals surface area (Å²) >= 11 is 1.49. The summed E-state index contributed by atoms with van der Waals surface area (Å²) in [5, 5.41) is 2.31. The zero-order valence-corrected chi connectivity index (χ0v) is 16.3. The van der Waals surface area contributed by atoms with Crippen molar-refractivity contribution >= 4 is 28.2 Å². The molecule has 6 heteroatoms. The number of benzene rings is 2. The lowest BCUT2D eigenvalue weighted by Gasteiger charge is -2.17. The molecule has 1 amide bonds.